The van der Waals surface area contributed by atoms with Gasteiger partial charge in [0.25, 0.3) is 0 Å². The lowest BCUT2D eigenvalue weighted by atomic mass is 10.1. The van der Waals surface area contributed by atoms with Gasteiger partial charge in [-0.15, -0.1) is 12.4 Å². The minimum absolute atomic E-state index is 0. The van der Waals surface area contributed by atoms with E-state index < -0.39 is 11.2 Å². The molecule has 0 heterocycles. The van der Waals surface area contributed by atoms with Crippen LogP contribution < -0.4 is 0 Å². The summed E-state index contributed by atoms with van der Waals surface area (Å²) < 4.78 is 0. The minimum Gasteiger partial charge on any atom is -0.480 e. The predicted octanol–water partition coefficient (Wildman–Crippen LogP) is 2.06. The van der Waals surface area contributed by atoms with Crippen LogP contribution in [0.25, 0.3) is 0 Å². The third-order valence-corrected chi connectivity index (χ3v) is 2.16. The highest BCUT2D eigenvalue weighted by atomic mass is 35.5. The molecule has 0 fully saturated rings. The maximum Gasteiger partial charge on any atom is 0.316 e. The van der Waals surface area contributed by atoms with Gasteiger partial charge in [0.1, 0.15) is 5.25 Å². The molecule has 1 aromatic rings. The predicted molar refractivity (Wildman–Crippen MR) is 63.0 cm³/mol. The van der Waals surface area contributed by atoms with Crippen LogP contribution in [0.2, 0.25) is 0 Å². The van der Waals surface area contributed by atoms with Crippen molar-refractivity contribution >= 4 is 36.8 Å². The molecule has 0 radical (unpaired) electrons. The minimum atomic E-state index is -1.07. The molecule has 0 saturated heterocycles. The van der Waals surface area contributed by atoms with Gasteiger partial charge in [0.15, 0.2) is 5.78 Å². The molecule has 0 aromatic heterocycles. The van der Waals surface area contributed by atoms with Gasteiger partial charge in [0.2, 0.25) is 0 Å². The summed E-state index contributed by atoms with van der Waals surface area (Å²) >= 11 is 3.79. The molecule has 0 amide bonds. The number of carbonyl (C=O) groups is 2. The van der Waals surface area contributed by atoms with Gasteiger partial charge in [-0.25, -0.2) is 0 Å². The fourth-order valence-electron chi connectivity index (χ4n) is 1.00. The van der Waals surface area contributed by atoms with Gasteiger partial charge < -0.3 is 5.11 Å². The standard InChI is InChI=1S/C10H10O3S.ClH/c11-8(6-9(14)10(12)13)7-4-2-1-3-5-7;/h1-5,9,14H,6H2,(H,12,13);1H. The van der Waals surface area contributed by atoms with Gasteiger partial charge in [-0.05, 0) is 0 Å². The number of ketones is 1. The van der Waals surface area contributed by atoms with Crippen LogP contribution in [0, 0.1) is 0 Å². The number of aliphatic carboxylic acids is 1. The van der Waals surface area contributed by atoms with Crippen molar-refractivity contribution in [3.8, 4) is 0 Å². The zero-order valence-corrected chi connectivity index (χ0v) is 9.50. The van der Waals surface area contributed by atoms with Crippen LogP contribution in [-0.2, 0) is 4.79 Å². The number of halogens is 1. The van der Waals surface area contributed by atoms with E-state index in [9.17, 15) is 9.59 Å². The quantitative estimate of drug-likeness (QED) is 0.632. The van der Waals surface area contributed by atoms with Crippen LogP contribution in [-0.4, -0.2) is 22.1 Å². The van der Waals surface area contributed by atoms with Gasteiger partial charge >= 0.3 is 5.97 Å². The number of carboxylic acids is 1. The molecule has 15 heavy (non-hydrogen) atoms. The second kappa shape index (κ2) is 6.48. The van der Waals surface area contributed by atoms with Crippen LogP contribution in [0.4, 0.5) is 0 Å². The van der Waals surface area contributed by atoms with E-state index in [1.54, 1.807) is 30.3 Å². The summed E-state index contributed by atoms with van der Waals surface area (Å²) in [5.74, 6) is -1.27. The van der Waals surface area contributed by atoms with Crippen molar-refractivity contribution in [2.45, 2.75) is 11.7 Å². The van der Waals surface area contributed by atoms with E-state index in [1.807, 2.05) is 0 Å². The average molecular weight is 247 g/mol. The Bertz CT molecular complexity index is 340. The Morgan fingerprint density at radius 1 is 1.27 bits per heavy atom. The van der Waals surface area contributed by atoms with Crippen molar-refractivity contribution in [3.05, 3.63) is 35.9 Å². The molecule has 82 valence electrons. The van der Waals surface area contributed by atoms with Gasteiger partial charge in [-0.2, -0.15) is 12.6 Å². The smallest absolute Gasteiger partial charge is 0.316 e. The fraction of sp³-hybridized carbons (Fsp3) is 0.200. The van der Waals surface area contributed by atoms with E-state index in [0.717, 1.165) is 0 Å². The van der Waals surface area contributed by atoms with Crippen molar-refractivity contribution in [1.82, 2.24) is 0 Å². The number of hydrogen-bond acceptors (Lipinski definition) is 3. The van der Waals surface area contributed by atoms with E-state index >= 15 is 0 Å². The lowest BCUT2D eigenvalue weighted by Crippen LogP contribution is -2.17. The Labute approximate surface area is 99.3 Å². The van der Waals surface area contributed by atoms with E-state index in [1.165, 1.54) is 0 Å². The molecule has 1 atom stereocenters. The first kappa shape index (κ1) is 14.0. The van der Waals surface area contributed by atoms with Crippen LogP contribution >= 0.6 is 25.0 Å². The van der Waals surface area contributed by atoms with E-state index in [4.69, 9.17) is 5.11 Å². The normalized spacial score (nSPS) is 11.3. The topological polar surface area (TPSA) is 54.4 Å². The first-order chi connectivity index (χ1) is 6.61. The number of hydrogen-bond donors (Lipinski definition) is 2. The first-order valence-corrected chi connectivity index (χ1v) is 4.62. The Balaban J connectivity index is 0.00000196. The first-order valence-electron chi connectivity index (χ1n) is 4.10. The maximum absolute atomic E-state index is 11.4. The third-order valence-electron chi connectivity index (χ3n) is 1.76. The molecule has 1 rings (SSSR count). The van der Waals surface area contributed by atoms with E-state index in [-0.39, 0.29) is 24.6 Å². The molecular weight excluding hydrogens is 236 g/mol. The largest absolute Gasteiger partial charge is 0.480 e. The molecule has 5 heteroatoms. The average Bonchev–Trinajstić information content (AvgIpc) is 2.19. The van der Waals surface area contributed by atoms with E-state index in [0.29, 0.717) is 5.56 Å². The molecule has 0 aliphatic carbocycles. The Morgan fingerprint density at radius 3 is 2.27 bits per heavy atom. The summed E-state index contributed by atoms with van der Waals surface area (Å²) in [4.78, 5) is 21.9. The Kier molecular flexibility index (Phi) is 6.05. The summed E-state index contributed by atoms with van der Waals surface area (Å²) in [5.41, 5.74) is 0.521. The van der Waals surface area contributed by atoms with Crippen molar-refractivity contribution in [2.75, 3.05) is 0 Å². The highest BCUT2D eigenvalue weighted by molar-refractivity contribution is 7.81. The summed E-state index contributed by atoms with van der Waals surface area (Å²) in [7, 11) is 0. The Morgan fingerprint density at radius 2 is 1.80 bits per heavy atom. The van der Waals surface area contributed by atoms with Crippen LogP contribution in [0.1, 0.15) is 16.8 Å². The third kappa shape index (κ3) is 4.36. The van der Waals surface area contributed by atoms with Crippen LogP contribution in [0.3, 0.4) is 0 Å². The van der Waals surface area contributed by atoms with Gasteiger partial charge in [0, 0.05) is 12.0 Å². The van der Waals surface area contributed by atoms with Crippen molar-refractivity contribution in [3.63, 3.8) is 0 Å². The van der Waals surface area contributed by atoms with Gasteiger partial charge in [-0.1, -0.05) is 30.3 Å². The maximum atomic E-state index is 11.4. The number of benzene rings is 1. The lowest BCUT2D eigenvalue weighted by molar-refractivity contribution is -0.136. The molecule has 3 nitrogen and oxygen atoms in total. The zero-order chi connectivity index (χ0) is 10.6. The highest BCUT2D eigenvalue weighted by Gasteiger charge is 2.17. The number of carbonyl (C=O) groups excluding carboxylic acids is 1. The molecule has 0 spiro atoms. The summed E-state index contributed by atoms with van der Waals surface area (Å²) in [6.07, 6.45) is -0.0809. The Hall–Kier alpha value is -1.00. The highest BCUT2D eigenvalue weighted by Crippen LogP contribution is 2.09. The molecule has 1 aromatic carbocycles. The van der Waals surface area contributed by atoms with Crippen molar-refractivity contribution in [1.29, 1.82) is 0 Å². The monoisotopic (exact) mass is 246 g/mol. The number of Topliss-reactive ketones (excluding diaryl/α,β-unsaturated/α-hetero) is 1. The summed E-state index contributed by atoms with van der Waals surface area (Å²) in [6.45, 7) is 0. The molecule has 1 N–H and O–H groups in total. The van der Waals surface area contributed by atoms with Crippen molar-refractivity contribution in [2.24, 2.45) is 0 Å². The summed E-state index contributed by atoms with van der Waals surface area (Å²) in [6, 6.07) is 8.59. The molecule has 0 bridgehead atoms. The molecule has 0 aliphatic heterocycles. The number of thiol groups is 1. The SMILES string of the molecule is Cl.O=C(CC(S)C(=O)O)c1ccccc1. The van der Waals surface area contributed by atoms with Crippen molar-refractivity contribution < 1.29 is 14.7 Å². The van der Waals surface area contributed by atoms with Gasteiger partial charge in [-0.3, -0.25) is 9.59 Å². The zero-order valence-electron chi connectivity index (χ0n) is 7.79. The van der Waals surface area contributed by atoms with Crippen LogP contribution in [0.5, 0.6) is 0 Å². The van der Waals surface area contributed by atoms with Crippen LogP contribution in [0.15, 0.2) is 30.3 Å². The summed E-state index contributed by atoms with van der Waals surface area (Å²) in [5, 5.41) is 7.62. The number of rotatable bonds is 4. The second-order valence-corrected chi connectivity index (χ2v) is 3.47. The van der Waals surface area contributed by atoms with E-state index in [2.05, 4.69) is 12.6 Å². The lowest BCUT2D eigenvalue weighted by Gasteiger charge is -2.03. The molecule has 0 saturated carbocycles. The molecule has 0 aliphatic rings. The molecule has 1 unspecified atom stereocenters. The van der Waals surface area contributed by atoms with Gasteiger partial charge in [0.05, 0.1) is 0 Å². The second-order valence-electron chi connectivity index (χ2n) is 2.85. The molecular formula is C10H11ClO3S. The fourth-order valence-corrected chi connectivity index (χ4v) is 1.17. The number of carboxylic acid groups (broad SMARTS) is 1.